The zero-order valence-electron chi connectivity index (χ0n) is 14.0. The number of aromatic nitrogens is 2. The third-order valence-corrected chi connectivity index (χ3v) is 4.79. The molecule has 132 valence electrons. The average Bonchev–Trinajstić information content (AvgIpc) is 2.59. The number of anilines is 3. The Morgan fingerprint density at radius 3 is 2.60 bits per heavy atom. The lowest BCUT2D eigenvalue weighted by atomic mass is 9.95. The molecule has 1 heterocycles. The normalized spacial score (nSPS) is 15.0. The molecule has 1 fully saturated rings. The molecule has 1 aliphatic carbocycles. The molecule has 2 N–H and O–H groups in total. The summed E-state index contributed by atoms with van der Waals surface area (Å²) in [5.74, 6) is 0.408. The molecule has 1 saturated carbocycles. The van der Waals surface area contributed by atoms with Gasteiger partial charge in [-0.25, -0.2) is 9.97 Å². The van der Waals surface area contributed by atoms with Crippen molar-refractivity contribution in [3.63, 3.8) is 0 Å². The van der Waals surface area contributed by atoms with Crippen molar-refractivity contribution in [1.82, 2.24) is 9.97 Å². The van der Waals surface area contributed by atoms with Crippen LogP contribution in [0.4, 0.5) is 23.0 Å². The molecule has 8 heteroatoms. The lowest BCUT2D eigenvalue weighted by molar-refractivity contribution is -0.383. The van der Waals surface area contributed by atoms with E-state index in [1.54, 1.807) is 12.1 Å². The van der Waals surface area contributed by atoms with Crippen molar-refractivity contribution in [3.8, 4) is 0 Å². The van der Waals surface area contributed by atoms with Crippen LogP contribution in [0.25, 0.3) is 0 Å². The van der Waals surface area contributed by atoms with Gasteiger partial charge in [0.05, 0.1) is 4.92 Å². The first-order chi connectivity index (χ1) is 12.0. The number of benzene rings is 1. The van der Waals surface area contributed by atoms with Gasteiger partial charge in [0.1, 0.15) is 6.33 Å². The number of hydrogen-bond acceptors (Lipinski definition) is 6. The van der Waals surface area contributed by atoms with Crippen molar-refractivity contribution in [2.24, 2.45) is 0 Å². The summed E-state index contributed by atoms with van der Waals surface area (Å²) in [6.07, 6.45) is 6.79. The molecule has 3 rings (SSSR count). The van der Waals surface area contributed by atoms with Crippen molar-refractivity contribution >= 4 is 34.6 Å². The van der Waals surface area contributed by atoms with Gasteiger partial charge in [-0.2, -0.15) is 0 Å². The predicted molar refractivity (Wildman–Crippen MR) is 98.7 cm³/mol. The molecule has 0 bridgehead atoms. The van der Waals surface area contributed by atoms with E-state index in [2.05, 4.69) is 20.6 Å². The minimum Gasteiger partial charge on any atom is -0.361 e. The van der Waals surface area contributed by atoms with Crippen LogP contribution in [0, 0.1) is 17.0 Å². The molecule has 25 heavy (non-hydrogen) atoms. The van der Waals surface area contributed by atoms with Crippen LogP contribution in [0.15, 0.2) is 24.5 Å². The fourth-order valence-corrected chi connectivity index (χ4v) is 3.18. The smallest absolute Gasteiger partial charge is 0.353 e. The number of rotatable bonds is 5. The summed E-state index contributed by atoms with van der Waals surface area (Å²) >= 11 is 6.12. The fourth-order valence-electron chi connectivity index (χ4n) is 3.00. The van der Waals surface area contributed by atoms with E-state index in [9.17, 15) is 10.1 Å². The Balaban J connectivity index is 1.88. The Morgan fingerprint density at radius 1 is 1.20 bits per heavy atom. The van der Waals surface area contributed by atoms with Crippen molar-refractivity contribution in [2.75, 3.05) is 10.6 Å². The molecule has 0 saturated heterocycles. The number of nitro groups is 1. The number of hydrogen-bond donors (Lipinski definition) is 2. The Hall–Kier alpha value is -2.41. The number of nitrogens with zero attached hydrogens (tertiary/aromatic N) is 3. The molecule has 0 spiro atoms. The molecular weight excluding hydrogens is 342 g/mol. The highest BCUT2D eigenvalue weighted by Gasteiger charge is 2.25. The molecule has 0 unspecified atom stereocenters. The SMILES string of the molecule is Cc1ccc(Nc2ncnc(NC3CCCCC3)c2[N+](=O)[O-])cc1Cl. The summed E-state index contributed by atoms with van der Waals surface area (Å²) in [7, 11) is 0. The Morgan fingerprint density at radius 2 is 1.92 bits per heavy atom. The van der Waals surface area contributed by atoms with Crippen LogP contribution in [-0.4, -0.2) is 20.9 Å². The van der Waals surface area contributed by atoms with E-state index in [1.807, 2.05) is 13.0 Å². The Kier molecular flexibility index (Phi) is 5.33. The van der Waals surface area contributed by atoms with Crippen LogP contribution >= 0.6 is 11.6 Å². The summed E-state index contributed by atoms with van der Waals surface area (Å²) in [4.78, 5) is 19.3. The molecule has 0 atom stereocenters. The molecule has 7 nitrogen and oxygen atoms in total. The highest BCUT2D eigenvalue weighted by atomic mass is 35.5. The van der Waals surface area contributed by atoms with Gasteiger partial charge in [-0.3, -0.25) is 10.1 Å². The van der Waals surface area contributed by atoms with Crippen LogP contribution in [0.2, 0.25) is 5.02 Å². The molecule has 1 aromatic heterocycles. The molecule has 1 aromatic carbocycles. The molecule has 0 aliphatic heterocycles. The largest absolute Gasteiger partial charge is 0.361 e. The second-order valence-electron chi connectivity index (χ2n) is 6.24. The van der Waals surface area contributed by atoms with Gasteiger partial charge < -0.3 is 10.6 Å². The van der Waals surface area contributed by atoms with E-state index < -0.39 is 4.92 Å². The molecule has 0 radical (unpaired) electrons. The van der Waals surface area contributed by atoms with Crippen molar-refractivity contribution in [2.45, 2.75) is 45.1 Å². The van der Waals surface area contributed by atoms with Crippen LogP contribution in [0.5, 0.6) is 0 Å². The lowest BCUT2D eigenvalue weighted by Gasteiger charge is -2.23. The molecule has 0 amide bonds. The van der Waals surface area contributed by atoms with Gasteiger partial charge in [0.15, 0.2) is 0 Å². The average molecular weight is 362 g/mol. The lowest BCUT2D eigenvalue weighted by Crippen LogP contribution is -2.23. The van der Waals surface area contributed by atoms with Crippen LogP contribution in [0.3, 0.4) is 0 Å². The zero-order chi connectivity index (χ0) is 17.8. The van der Waals surface area contributed by atoms with E-state index in [0.717, 1.165) is 31.2 Å². The van der Waals surface area contributed by atoms with Crippen molar-refractivity contribution < 1.29 is 4.92 Å². The van der Waals surface area contributed by atoms with Crippen LogP contribution in [0.1, 0.15) is 37.7 Å². The van der Waals surface area contributed by atoms with E-state index in [4.69, 9.17) is 11.6 Å². The summed E-state index contributed by atoms with van der Waals surface area (Å²) in [5, 5.41) is 18.4. The molecule has 2 aromatic rings. The Bertz CT molecular complexity index is 778. The van der Waals surface area contributed by atoms with E-state index >= 15 is 0 Å². The highest BCUT2D eigenvalue weighted by molar-refractivity contribution is 6.31. The Labute approximate surface area is 151 Å². The first-order valence-corrected chi connectivity index (χ1v) is 8.71. The van der Waals surface area contributed by atoms with Crippen LogP contribution < -0.4 is 10.6 Å². The molecule has 1 aliphatic rings. The third-order valence-electron chi connectivity index (χ3n) is 4.39. The quantitative estimate of drug-likeness (QED) is 0.585. The maximum absolute atomic E-state index is 11.6. The van der Waals surface area contributed by atoms with E-state index in [0.29, 0.717) is 10.7 Å². The summed E-state index contributed by atoms with van der Waals surface area (Å²) < 4.78 is 0. The standard InChI is InChI=1S/C17H20ClN5O2/c1-11-7-8-13(9-14(11)18)22-17-15(23(24)25)16(19-10-20-17)21-12-5-3-2-4-6-12/h7-10,12H,2-6H2,1H3,(H2,19,20,21,22). The maximum Gasteiger partial charge on any atom is 0.353 e. The minimum atomic E-state index is -0.455. The fraction of sp³-hybridized carbons (Fsp3) is 0.412. The first kappa shape index (κ1) is 17.4. The van der Waals surface area contributed by atoms with Gasteiger partial charge in [-0.15, -0.1) is 0 Å². The van der Waals surface area contributed by atoms with Crippen molar-refractivity contribution in [3.05, 3.63) is 45.2 Å². The van der Waals surface area contributed by atoms with Crippen LogP contribution in [-0.2, 0) is 0 Å². The second-order valence-corrected chi connectivity index (χ2v) is 6.65. The molecular formula is C17H20ClN5O2. The summed E-state index contributed by atoms with van der Waals surface area (Å²) in [6.45, 7) is 1.89. The number of aryl methyl sites for hydroxylation is 1. The van der Waals surface area contributed by atoms with Gasteiger partial charge in [-0.05, 0) is 37.5 Å². The summed E-state index contributed by atoms with van der Waals surface area (Å²) in [6, 6.07) is 5.58. The monoisotopic (exact) mass is 361 g/mol. The van der Waals surface area contributed by atoms with Gasteiger partial charge in [-0.1, -0.05) is 36.9 Å². The first-order valence-electron chi connectivity index (χ1n) is 8.33. The van der Waals surface area contributed by atoms with Gasteiger partial charge in [0, 0.05) is 16.8 Å². The topological polar surface area (TPSA) is 93.0 Å². The minimum absolute atomic E-state index is 0.148. The van der Waals surface area contributed by atoms with E-state index in [-0.39, 0.29) is 23.4 Å². The van der Waals surface area contributed by atoms with Gasteiger partial charge in [0.2, 0.25) is 11.6 Å². The van der Waals surface area contributed by atoms with Gasteiger partial charge in [0.25, 0.3) is 0 Å². The predicted octanol–water partition coefficient (Wildman–Crippen LogP) is 4.83. The summed E-state index contributed by atoms with van der Waals surface area (Å²) in [5.41, 5.74) is 1.43. The maximum atomic E-state index is 11.6. The number of nitrogens with one attached hydrogen (secondary N) is 2. The second kappa shape index (κ2) is 7.65. The number of halogens is 1. The van der Waals surface area contributed by atoms with E-state index in [1.165, 1.54) is 12.7 Å². The zero-order valence-corrected chi connectivity index (χ0v) is 14.7. The van der Waals surface area contributed by atoms with Gasteiger partial charge >= 0.3 is 5.69 Å². The third kappa shape index (κ3) is 4.17. The highest BCUT2D eigenvalue weighted by Crippen LogP contribution is 2.33. The van der Waals surface area contributed by atoms with Crippen molar-refractivity contribution in [1.29, 1.82) is 0 Å².